The van der Waals surface area contributed by atoms with Crippen LogP contribution >= 0.6 is 11.6 Å². The minimum atomic E-state index is -0.0719. The smallest absolute Gasteiger partial charge is 0.131 e. The molecule has 0 radical (unpaired) electrons. The lowest BCUT2D eigenvalue weighted by Crippen LogP contribution is -2.09. The highest BCUT2D eigenvalue weighted by Gasteiger charge is 2.03. The fraction of sp³-hybridized carbons (Fsp3) is 1.00. The van der Waals surface area contributed by atoms with E-state index in [9.17, 15) is 0 Å². The molecule has 0 saturated carbocycles. The van der Waals surface area contributed by atoms with E-state index in [2.05, 4.69) is 20.8 Å². The van der Waals surface area contributed by atoms with Crippen molar-refractivity contribution in [1.29, 1.82) is 0 Å². The van der Waals surface area contributed by atoms with E-state index < -0.39 is 0 Å². The summed E-state index contributed by atoms with van der Waals surface area (Å²) in [7, 11) is 0. The van der Waals surface area contributed by atoms with Crippen molar-refractivity contribution in [3.63, 3.8) is 0 Å². The normalized spacial score (nSPS) is 13.9. The molecule has 1 nitrogen and oxygen atoms in total. The standard InChI is InChI=1S/C9H19ClO/c1-4-5-6-9(10)11-7-8(2)3/h8-9H,4-7H2,1-3H3. The molecular formula is C9H19ClO. The molecular weight excluding hydrogens is 160 g/mol. The second-order valence-electron chi connectivity index (χ2n) is 3.28. The van der Waals surface area contributed by atoms with Crippen molar-refractivity contribution in [2.24, 2.45) is 5.92 Å². The van der Waals surface area contributed by atoms with Crippen LogP contribution in [0.3, 0.4) is 0 Å². The van der Waals surface area contributed by atoms with Gasteiger partial charge in [-0.05, 0) is 18.8 Å². The van der Waals surface area contributed by atoms with Crippen LogP contribution in [0.4, 0.5) is 0 Å². The van der Waals surface area contributed by atoms with Crippen LogP contribution in [0.2, 0.25) is 0 Å². The molecule has 0 rings (SSSR count). The minimum absolute atomic E-state index is 0.0719. The maximum Gasteiger partial charge on any atom is 0.131 e. The van der Waals surface area contributed by atoms with Crippen molar-refractivity contribution in [1.82, 2.24) is 0 Å². The van der Waals surface area contributed by atoms with E-state index in [0.717, 1.165) is 19.4 Å². The summed E-state index contributed by atoms with van der Waals surface area (Å²) in [6.07, 6.45) is 3.32. The van der Waals surface area contributed by atoms with Gasteiger partial charge in [0.25, 0.3) is 0 Å². The lowest BCUT2D eigenvalue weighted by Gasteiger charge is -2.11. The maximum absolute atomic E-state index is 5.88. The van der Waals surface area contributed by atoms with Crippen LogP contribution in [0, 0.1) is 5.92 Å². The Kier molecular flexibility index (Phi) is 7.09. The second-order valence-corrected chi connectivity index (χ2v) is 3.77. The Morgan fingerprint density at radius 3 is 2.45 bits per heavy atom. The summed E-state index contributed by atoms with van der Waals surface area (Å²) >= 11 is 5.88. The summed E-state index contributed by atoms with van der Waals surface area (Å²) in [5.41, 5.74) is -0.0719. The highest BCUT2D eigenvalue weighted by molar-refractivity contribution is 6.19. The number of alkyl halides is 1. The molecule has 0 amide bonds. The first-order chi connectivity index (χ1) is 5.16. The molecule has 0 N–H and O–H groups in total. The molecule has 68 valence electrons. The average Bonchev–Trinajstić information content (AvgIpc) is 1.97. The zero-order chi connectivity index (χ0) is 8.69. The Labute approximate surface area is 75.1 Å². The summed E-state index contributed by atoms with van der Waals surface area (Å²) < 4.78 is 5.37. The lowest BCUT2D eigenvalue weighted by atomic mass is 10.2. The van der Waals surface area contributed by atoms with Crippen molar-refractivity contribution in [2.75, 3.05) is 6.61 Å². The van der Waals surface area contributed by atoms with Crippen LogP contribution in [0.25, 0.3) is 0 Å². The van der Waals surface area contributed by atoms with Gasteiger partial charge in [-0.1, -0.05) is 38.8 Å². The third-order valence-electron chi connectivity index (χ3n) is 1.40. The molecule has 0 heterocycles. The first kappa shape index (κ1) is 11.2. The van der Waals surface area contributed by atoms with Crippen molar-refractivity contribution < 1.29 is 4.74 Å². The SMILES string of the molecule is CCCCC(Cl)OCC(C)C. The summed E-state index contributed by atoms with van der Waals surface area (Å²) in [5.74, 6) is 0.581. The van der Waals surface area contributed by atoms with Gasteiger partial charge in [-0.2, -0.15) is 0 Å². The largest absolute Gasteiger partial charge is 0.362 e. The van der Waals surface area contributed by atoms with Crippen molar-refractivity contribution in [3.8, 4) is 0 Å². The molecule has 0 aromatic rings. The molecule has 0 aromatic carbocycles. The molecule has 0 aliphatic carbocycles. The highest BCUT2D eigenvalue weighted by Crippen LogP contribution is 2.10. The van der Waals surface area contributed by atoms with Gasteiger partial charge in [0.1, 0.15) is 5.56 Å². The van der Waals surface area contributed by atoms with Gasteiger partial charge < -0.3 is 4.74 Å². The Morgan fingerprint density at radius 1 is 1.36 bits per heavy atom. The number of rotatable bonds is 6. The van der Waals surface area contributed by atoms with Gasteiger partial charge in [-0.15, -0.1) is 0 Å². The fourth-order valence-corrected chi connectivity index (χ4v) is 0.972. The van der Waals surface area contributed by atoms with Crippen LogP contribution in [-0.4, -0.2) is 12.2 Å². The van der Waals surface area contributed by atoms with Gasteiger partial charge in [0, 0.05) is 0 Å². The predicted molar refractivity (Wildman–Crippen MR) is 50.0 cm³/mol. The molecule has 0 aromatic heterocycles. The van der Waals surface area contributed by atoms with Gasteiger partial charge in [-0.3, -0.25) is 0 Å². The molecule has 0 spiro atoms. The molecule has 2 heteroatoms. The Balaban J connectivity index is 3.15. The number of unbranched alkanes of at least 4 members (excludes halogenated alkanes) is 1. The van der Waals surface area contributed by atoms with Crippen LogP contribution in [0.1, 0.15) is 40.0 Å². The number of halogens is 1. The lowest BCUT2D eigenvalue weighted by molar-refractivity contribution is 0.0793. The van der Waals surface area contributed by atoms with Gasteiger partial charge in [-0.25, -0.2) is 0 Å². The van der Waals surface area contributed by atoms with E-state index in [-0.39, 0.29) is 5.56 Å². The van der Waals surface area contributed by atoms with Crippen LogP contribution in [-0.2, 0) is 4.74 Å². The number of hydrogen-bond donors (Lipinski definition) is 0. The number of ether oxygens (including phenoxy) is 1. The van der Waals surface area contributed by atoms with Crippen molar-refractivity contribution in [3.05, 3.63) is 0 Å². The first-order valence-electron chi connectivity index (χ1n) is 4.42. The molecule has 0 aliphatic rings. The van der Waals surface area contributed by atoms with Crippen molar-refractivity contribution in [2.45, 2.75) is 45.6 Å². The molecule has 0 saturated heterocycles. The van der Waals surface area contributed by atoms with Gasteiger partial charge >= 0.3 is 0 Å². The van der Waals surface area contributed by atoms with E-state index in [0.29, 0.717) is 5.92 Å². The predicted octanol–water partition coefficient (Wildman–Crippen LogP) is 3.41. The van der Waals surface area contributed by atoms with Gasteiger partial charge in [0.2, 0.25) is 0 Å². The van der Waals surface area contributed by atoms with Crippen LogP contribution in [0.15, 0.2) is 0 Å². The summed E-state index contributed by atoms with van der Waals surface area (Å²) in [6, 6.07) is 0. The molecule has 11 heavy (non-hydrogen) atoms. The quantitative estimate of drug-likeness (QED) is 0.567. The van der Waals surface area contributed by atoms with Crippen molar-refractivity contribution >= 4 is 11.6 Å². The second kappa shape index (κ2) is 6.93. The molecule has 0 aliphatic heterocycles. The summed E-state index contributed by atoms with van der Waals surface area (Å²) in [6.45, 7) is 7.19. The minimum Gasteiger partial charge on any atom is -0.362 e. The summed E-state index contributed by atoms with van der Waals surface area (Å²) in [5, 5.41) is 0. The molecule has 0 bridgehead atoms. The van der Waals surface area contributed by atoms with Crippen LogP contribution < -0.4 is 0 Å². The Morgan fingerprint density at radius 2 is 2.00 bits per heavy atom. The topological polar surface area (TPSA) is 9.23 Å². The molecule has 1 unspecified atom stereocenters. The van der Waals surface area contributed by atoms with Crippen LogP contribution in [0.5, 0.6) is 0 Å². The number of hydrogen-bond acceptors (Lipinski definition) is 1. The molecule has 1 atom stereocenters. The van der Waals surface area contributed by atoms with E-state index in [1.807, 2.05) is 0 Å². The Hall–Kier alpha value is 0.250. The van der Waals surface area contributed by atoms with E-state index in [1.54, 1.807) is 0 Å². The van der Waals surface area contributed by atoms with E-state index in [4.69, 9.17) is 16.3 Å². The zero-order valence-corrected chi connectivity index (χ0v) is 8.53. The first-order valence-corrected chi connectivity index (χ1v) is 4.86. The Bertz CT molecular complexity index is 83.6. The van der Waals surface area contributed by atoms with E-state index >= 15 is 0 Å². The summed E-state index contributed by atoms with van der Waals surface area (Å²) in [4.78, 5) is 0. The van der Waals surface area contributed by atoms with Gasteiger partial charge in [0.15, 0.2) is 0 Å². The van der Waals surface area contributed by atoms with E-state index in [1.165, 1.54) is 6.42 Å². The maximum atomic E-state index is 5.88. The molecule has 0 fully saturated rings. The average molecular weight is 179 g/mol. The van der Waals surface area contributed by atoms with Gasteiger partial charge in [0.05, 0.1) is 6.61 Å². The fourth-order valence-electron chi connectivity index (χ4n) is 0.745. The monoisotopic (exact) mass is 178 g/mol. The highest BCUT2D eigenvalue weighted by atomic mass is 35.5. The third kappa shape index (κ3) is 8.15. The zero-order valence-electron chi connectivity index (χ0n) is 7.77. The third-order valence-corrected chi connectivity index (χ3v) is 1.74.